The highest BCUT2D eigenvalue weighted by atomic mass is 32.2. The van der Waals surface area contributed by atoms with Crippen LogP contribution in [0.15, 0.2) is 65.6 Å². The number of carbonyl (C=O) groups excluding carboxylic acids is 1. The number of ether oxygens (including phenoxy) is 2. The van der Waals surface area contributed by atoms with Crippen molar-refractivity contribution in [1.29, 1.82) is 0 Å². The molecule has 3 heterocycles. The number of pyridine rings is 1. The summed E-state index contributed by atoms with van der Waals surface area (Å²) < 4.78 is 38.9. The second-order valence-electron chi connectivity index (χ2n) is 10.2. The molecular weight excluding hydrogens is 502 g/mol. The van der Waals surface area contributed by atoms with Crippen LogP contribution in [0.3, 0.4) is 0 Å². The van der Waals surface area contributed by atoms with Gasteiger partial charge in [-0.3, -0.25) is 4.79 Å². The van der Waals surface area contributed by atoms with E-state index in [-0.39, 0.29) is 20.2 Å². The fraction of sp³-hybridized carbons (Fsp3) is 0.379. The second kappa shape index (κ2) is 9.80. The van der Waals surface area contributed by atoms with Gasteiger partial charge in [-0.25, -0.2) is 13.4 Å². The Balaban J connectivity index is 0.00000308. The van der Waals surface area contributed by atoms with Crippen molar-refractivity contribution in [2.24, 2.45) is 0 Å². The fourth-order valence-corrected chi connectivity index (χ4v) is 7.29. The van der Waals surface area contributed by atoms with Crippen LogP contribution in [0.4, 0.5) is 5.82 Å². The van der Waals surface area contributed by atoms with Gasteiger partial charge < -0.3 is 14.8 Å². The number of fused-ring (bicyclic) bond motifs is 1. The number of rotatable bonds is 7. The van der Waals surface area contributed by atoms with Crippen LogP contribution < -0.4 is 10.1 Å². The largest absolute Gasteiger partial charge is 0.467 e. The zero-order valence-electron chi connectivity index (χ0n) is 21.4. The lowest BCUT2D eigenvalue weighted by atomic mass is 9.93. The van der Waals surface area contributed by atoms with Gasteiger partial charge in [-0.05, 0) is 74.1 Å². The van der Waals surface area contributed by atoms with Crippen LogP contribution in [0.5, 0.6) is 5.75 Å². The van der Waals surface area contributed by atoms with Crippen LogP contribution in [0.1, 0.15) is 51.6 Å². The van der Waals surface area contributed by atoms with E-state index in [2.05, 4.69) is 10.3 Å². The molecule has 6 rings (SSSR count). The van der Waals surface area contributed by atoms with E-state index in [1.54, 1.807) is 34.6 Å². The molecule has 2 fully saturated rings. The van der Waals surface area contributed by atoms with E-state index in [1.807, 2.05) is 37.3 Å². The topological polar surface area (TPSA) is 97.8 Å². The number of anilines is 1. The summed E-state index contributed by atoms with van der Waals surface area (Å²) in [6.45, 7) is 3.32. The standard InChI is InChI=1S/C29H31N3O5S.H2/c1-2-23-5-4-16-32(23)38(34,35)24-11-8-20(9-12-24)25-6-3-7-27(30-25)31-28(33)29(14-15-29)22-10-13-26-21(17-22)18-36-19-37-26;/h3,6-13,17,23H,2,4-5,14-16,18-19H2,1H3,(H,30,31,33);1H/t23-;/m0./s1. The molecule has 9 heteroatoms. The lowest BCUT2D eigenvalue weighted by Gasteiger charge is -2.23. The molecule has 3 aliphatic rings. The SMILES string of the molecule is CC[C@H]1CCCN1S(=O)(=O)c1ccc(-c2cccc(NC(=O)C3(c4ccc5c(c4)COCO5)CC3)n2)cc1.[HH]. The third-order valence-electron chi connectivity index (χ3n) is 7.89. The molecule has 2 aliphatic heterocycles. The van der Waals surface area contributed by atoms with Gasteiger partial charge in [0.2, 0.25) is 15.9 Å². The first-order valence-corrected chi connectivity index (χ1v) is 14.6. The Morgan fingerprint density at radius 1 is 1.16 bits per heavy atom. The first-order chi connectivity index (χ1) is 18.4. The lowest BCUT2D eigenvalue weighted by molar-refractivity contribution is -0.118. The number of amides is 1. The third-order valence-corrected chi connectivity index (χ3v) is 9.86. The highest BCUT2D eigenvalue weighted by Gasteiger charge is 2.51. The molecule has 0 radical (unpaired) electrons. The number of sulfonamides is 1. The molecule has 3 aromatic rings. The maximum Gasteiger partial charge on any atom is 0.243 e. The van der Waals surface area contributed by atoms with Crippen molar-refractivity contribution >= 4 is 21.7 Å². The molecule has 0 bridgehead atoms. The zero-order valence-corrected chi connectivity index (χ0v) is 22.2. The average molecular weight is 536 g/mol. The summed E-state index contributed by atoms with van der Waals surface area (Å²) in [5.74, 6) is 1.18. The quantitative estimate of drug-likeness (QED) is 0.452. The van der Waals surface area contributed by atoms with Gasteiger partial charge in [0, 0.05) is 25.1 Å². The molecule has 1 amide bonds. The van der Waals surface area contributed by atoms with Gasteiger partial charge in [-0.2, -0.15) is 4.31 Å². The van der Waals surface area contributed by atoms with Crippen LogP contribution in [0.25, 0.3) is 11.3 Å². The fourth-order valence-electron chi connectivity index (χ4n) is 5.53. The Morgan fingerprint density at radius 2 is 1.97 bits per heavy atom. The van der Waals surface area contributed by atoms with Gasteiger partial charge in [0.05, 0.1) is 22.6 Å². The summed E-state index contributed by atoms with van der Waals surface area (Å²) in [4.78, 5) is 18.3. The van der Waals surface area contributed by atoms with Gasteiger partial charge in [0.15, 0.2) is 6.79 Å². The number of carbonyl (C=O) groups is 1. The average Bonchev–Trinajstić information content (AvgIpc) is 3.62. The summed E-state index contributed by atoms with van der Waals surface area (Å²) in [6, 6.07) is 18.2. The van der Waals surface area contributed by atoms with Gasteiger partial charge in [0.25, 0.3) is 0 Å². The van der Waals surface area contributed by atoms with E-state index in [9.17, 15) is 13.2 Å². The summed E-state index contributed by atoms with van der Waals surface area (Å²) in [6.07, 6.45) is 4.16. The van der Waals surface area contributed by atoms with E-state index in [1.165, 1.54) is 0 Å². The van der Waals surface area contributed by atoms with E-state index in [0.717, 1.165) is 54.5 Å². The molecule has 1 aliphatic carbocycles. The Labute approximate surface area is 224 Å². The normalized spacial score (nSPS) is 20.4. The predicted octanol–water partition coefficient (Wildman–Crippen LogP) is 5.09. The molecule has 1 saturated heterocycles. The first-order valence-electron chi connectivity index (χ1n) is 13.2. The number of nitrogens with one attached hydrogen (secondary N) is 1. The smallest absolute Gasteiger partial charge is 0.243 e. The Bertz CT molecular complexity index is 1470. The van der Waals surface area contributed by atoms with E-state index < -0.39 is 15.4 Å². The molecule has 0 spiro atoms. The molecule has 2 aromatic carbocycles. The molecule has 8 nitrogen and oxygen atoms in total. The minimum Gasteiger partial charge on any atom is -0.467 e. The van der Waals surface area contributed by atoms with Crippen LogP contribution in [-0.4, -0.2) is 43.0 Å². The minimum atomic E-state index is -3.52. The molecular formula is C29H33N3O5S. The first kappa shape index (κ1) is 25.0. The Hall–Kier alpha value is -3.27. The van der Waals surface area contributed by atoms with E-state index >= 15 is 0 Å². The summed E-state index contributed by atoms with van der Waals surface area (Å²) in [7, 11) is -3.52. The lowest BCUT2D eigenvalue weighted by Crippen LogP contribution is -2.35. The molecule has 38 heavy (non-hydrogen) atoms. The van der Waals surface area contributed by atoms with Crippen molar-refractivity contribution < 1.29 is 24.1 Å². The van der Waals surface area contributed by atoms with Crippen molar-refractivity contribution in [2.45, 2.75) is 62.0 Å². The number of hydrogen-bond donors (Lipinski definition) is 1. The van der Waals surface area contributed by atoms with E-state index in [0.29, 0.717) is 29.6 Å². The third kappa shape index (κ3) is 4.48. The summed E-state index contributed by atoms with van der Waals surface area (Å²) in [5, 5.41) is 3.00. The second-order valence-corrected chi connectivity index (χ2v) is 12.1. The highest BCUT2D eigenvalue weighted by Crippen LogP contribution is 2.50. The maximum atomic E-state index is 13.4. The number of benzene rings is 2. The van der Waals surface area contributed by atoms with Crippen molar-refractivity contribution in [3.63, 3.8) is 0 Å². The molecule has 200 valence electrons. The Morgan fingerprint density at radius 3 is 2.74 bits per heavy atom. The summed E-state index contributed by atoms with van der Waals surface area (Å²) in [5.41, 5.74) is 2.77. The number of hydrogen-bond acceptors (Lipinski definition) is 6. The predicted molar refractivity (Wildman–Crippen MR) is 145 cm³/mol. The van der Waals surface area contributed by atoms with Gasteiger partial charge in [0.1, 0.15) is 11.6 Å². The van der Waals surface area contributed by atoms with Crippen LogP contribution >= 0.6 is 0 Å². The van der Waals surface area contributed by atoms with Gasteiger partial charge in [-0.15, -0.1) is 0 Å². The molecule has 1 aromatic heterocycles. The minimum absolute atomic E-state index is 0. The molecule has 1 saturated carbocycles. The van der Waals surface area contributed by atoms with Gasteiger partial charge >= 0.3 is 0 Å². The maximum absolute atomic E-state index is 13.4. The van der Waals surface area contributed by atoms with E-state index in [4.69, 9.17) is 9.47 Å². The van der Waals surface area contributed by atoms with Crippen LogP contribution in [0.2, 0.25) is 0 Å². The monoisotopic (exact) mass is 535 g/mol. The zero-order chi connectivity index (χ0) is 26.3. The van der Waals surface area contributed by atoms with Gasteiger partial charge in [-0.1, -0.05) is 31.2 Å². The molecule has 0 unspecified atom stereocenters. The summed E-state index contributed by atoms with van der Waals surface area (Å²) >= 11 is 0. The number of aromatic nitrogens is 1. The Kier molecular flexibility index (Phi) is 6.45. The number of nitrogens with zero attached hydrogens (tertiary/aromatic N) is 2. The molecule has 1 atom stereocenters. The van der Waals surface area contributed by atoms with Crippen molar-refractivity contribution in [2.75, 3.05) is 18.7 Å². The van der Waals surface area contributed by atoms with Crippen LogP contribution in [0, 0.1) is 0 Å². The highest BCUT2D eigenvalue weighted by molar-refractivity contribution is 7.89. The van der Waals surface area contributed by atoms with Crippen molar-refractivity contribution in [1.82, 2.24) is 9.29 Å². The molecule has 1 N–H and O–H groups in total. The van der Waals surface area contributed by atoms with Crippen molar-refractivity contribution in [3.8, 4) is 17.0 Å². The van der Waals surface area contributed by atoms with Crippen LogP contribution in [-0.2, 0) is 31.6 Å². The van der Waals surface area contributed by atoms with Crippen molar-refractivity contribution in [3.05, 3.63) is 71.8 Å².